The largest absolute Gasteiger partial charge is 0.481 e. The summed E-state index contributed by atoms with van der Waals surface area (Å²) in [6, 6.07) is 9.83. The molecule has 22 heavy (non-hydrogen) atoms. The second-order valence-corrected chi connectivity index (χ2v) is 5.76. The number of hydrogen-bond acceptors (Lipinski definition) is 2. The smallest absolute Gasteiger partial charge is 0.308 e. The predicted molar refractivity (Wildman–Crippen MR) is 83.9 cm³/mol. The molecule has 1 aromatic carbocycles. The Labute approximate surface area is 129 Å². The third-order valence-electron chi connectivity index (χ3n) is 4.40. The van der Waals surface area contributed by atoms with Crippen LogP contribution in [0.1, 0.15) is 30.3 Å². The number of aromatic nitrogens is 1. The van der Waals surface area contributed by atoms with Gasteiger partial charge in [-0.1, -0.05) is 18.2 Å². The number of rotatable bonds is 3. The van der Waals surface area contributed by atoms with Crippen molar-refractivity contribution in [3.05, 3.63) is 36.0 Å². The summed E-state index contributed by atoms with van der Waals surface area (Å²) in [7, 11) is 0. The number of carboxylic acid groups (broad SMARTS) is 1. The van der Waals surface area contributed by atoms with Crippen LogP contribution in [0.5, 0.6) is 0 Å². The van der Waals surface area contributed by atoms with Crippen LogP contribution in [0.15, 0.2) is 30.3 Å². The van der Waals surface area contributed by atoms with E-state index in [2.05, 4.69) is 0 Å². The SMILES string of the molecule is CCn1c(C(=O)N2CCC[C@H](C(=O)O)C2)cc2ccccc21. The quantitative estimate of drug-likeness (QED) is 0.947. The number of aryl methyl sites for hydroxylation is 1. The number of carbonyl (C=O) groups is 2. The van der Waals surface area contributed by atoms with Crippen molar-refractivity contribution in [3.63, 3.8) is 0 Å². The van der Waals surface area contributed by atoms with Crippen molar-refractivity contribution in [2.45, 2.75) is 26.3 Å². The Bertz CT molecular complexity index is 720. The Balaban J connectivity index is 1.93. The summed E-state index contributed by atoms with van der Waals surface area (Å²) in [5, 5.41) is 10.2. The minimum Gasteiger partial charge on any atom is -0.481 e. The minimum absolute atomic E-state index is 0.0657. The number of carboxylic acids is 1. The maximum absolute atomic E-state index is 12.8. The first-order valence-corrected chi connectivity index (χ1v) is 7.72. The summed E-state index contributed by atoms with van der Waals surface area (Å²) in [6.45, 7) is 3.66. The first-order valence-electron chi connectivity index (χ1n) is 7.72. The number of para-hydroxylation sites is 1. The van der Waals surface area contributed by atoms with Crippen LogP contribution >= 0.6 is 0 Å². The molecule has 0 spiro atoms. The predicted octanol–water partition coefficient (Wildman–Crippen LogP) is 2.60. The van der Waals surface area contributed by atoms with Gasteiger partial charge in [0.05, 0.1) is 5.92 Å². The summed E-state index contributed by atoms with van der Waals surface area (Å²) < 4.78 is 2.00. The number of fused-ring (bicyclic) bond motifs is 1. The fraction of sp³-hybridized carbons (Fsp3) is 0.412. The Morgan fingerprint density at radius 1 is 1.32 bits per heavy atom. The van der Waals surface area contributed by atoms with Crippen molar-refractivity contribution in [1.82, 2.24) is 9.47 Å². The fourth-order valence-electron chi connectivity index (χ4n) is 3.25. The maximum Gasteiger partial charge on any atom is 0.308 e. The van der Waals surface area contributed by atoms with Crippen LogP contribution in [-0.2, 0) is 11.3 Å². The molecule has 1 fully saturated rings. The van der Waals surface area contributed by atoms with E-state index in [-0.39, 0.29) is 5.91 Å². The average molecular weight is 300 g/mol. The number of likely N-dealkylation sites (tertiary alicyclic amines) is 1. The molecule has 5 heteroatoms. The van der Waals surface area contributed by atoms with Crippen LogP contribution in [-0.4, -0.2) is 39.5 Å². The molecule has 1 saturated heterocycles. The van der Waals surface area contributed by atoms with Crippen molar-refractivity contribution < 1.29 is 14.7 Å². The summed E-state index contributed by atoms with van der Waals surface area (Å²) in [6.07, 6.45) is 1.39. The number of amides is 1. The highest BCUT2D eigenvalue weighted by molar-refractivity contribution is 5.99. The lowest BCUT2D eigenvalue weighted by atomic mass is 9.98. The molecule has 1 atom stereocenters. The molecule has 0 saturated carbocycles. The molecular weight excluding hydrogens is 280 g/mol. The first kappa shape index (κ1) is 14.6. The average Bonchev–Trinajstić information content (AvgIpc) is 2.92. The maximum atomic E-state index is 12.8. The van der Waals surface area contributed by atoms with Gasteiger partial charge in [-0.15, -0.1) is 0 Å². The lowest BCUT2D eigenvalue weighted by molar-refractivity contribution is -0.143. The van der Waals surface area contributed by atoms with Crippen molar-refractivity contribution in [3.8, 4) is 0 Å². The van der Waals surface area contributed by atoms with Crippen molar-refractivity contribution in [1.29, 1.82) is 0 Å². The van der Waals surface area contributed by atoms with E-state index in [0.717, 1.165) is 17.3 Å². The number of nitrogens with zero attached hydrogens (tertiary/aromatic N) is 2. The van der Waals surface area contributed by atoms with E-state index in [0.29, 0.717) is 31.7 Å². The zero-order valence-corrected chi connectivity index (χ0v) is 12.7. The third-order valence-corrected chi connectivity index (χ3v) is 4.40. The molecule has 0 unspecified atom stereocenters. The highest BCUT2D eigenvalue weighted by Gasteiger charge is 2.30. The van der Waals surface area contributed by atoms with Gasteiger partial charge in [0, 0.05) is 30.5 Å². The van der Waals surface area contributed by atoms with Crippen LogP contribution < -0.4 is 0 Å². The molecule has 1 amide bonds. The number of carbonyl (C=O) groups excluding carboxylic acids is 1. The molecule has 1 aliphatic heterocycles. The Morgan fingerprint density at radius 2 is 2.09 bits per heavy atom. The third kappa shape index (κ3) is 2.47. The topological polar surface area (TPSA) is 62.5 Å². The zero-order valence-electron chi connectivity index (χ0n) is 12.7. The van der Waals surface area contributed by atoms with E-state index < -0.39 is 11.9 Å². The van der Waals surface area contributed by atoms with Gasteiger partial charge in [-0.3, -0.25) is 9.59 Å². The minimum atomic E-state index is -0.812. The van der Waals surface area contributed by atoms with Gasteiger partial charge in [-0.25, -0.2) is 0 Å². The van der Waals surface area contributed by atoms with Crippen molar-refractivity contribution in [2.75, 3.05) is 13.1 Å². The molecule has 1 aliphatic rings. The van der Waals surface area contributed by atoms with Crippen LogP contribution in [0.2, 0.25) is 0 Å². The van der Waals surface area contributed by atoms with Gasteiger partial charge in [0.15, 0.2) is 0 Å². The molecule has 0 radical (unpaired) electrons. The second kappa shape index (κ2) is 5.83. The molecule has 2 aromatic rings. The van der Waals surface area contributed by atoms with Crippen molar-refractivity contribution >= 4 is 22.8 Å². The van der Waals surface area contributed by atoms with E-state index >= 15 is 0 Å². The van der Waals surface area contributed by atoms with Gasteiger partial charge < -0.3 is 14.6 Å². The van der Waals surface area contributed by atoms with Crippen LogP contribution in [0, 0.1) is 5.92 Å². The summed E-state index contributed by atoms with van der Waals surface area (Å²) in [5.41, 5.74) is 1.69. The fourth-order valence-corrected chi connectivity index (χ4v) is 3.25. The van der Waals surface area contributed by atoms with E-state index in [1.54, 1.807) is 4.90 Å². The molecule has 5 nitrogen and oxygen atoms in total. The summed E-state index contributed by atoms with van der Waals surface area (Å²) in [5.74, 6) is -1.32. The number of piperidine rings is 1. The monoisotopic (exact) mass is 300 g/mol. The molecule has 1 N–H and O–H groups in total. The lowest BCUT2D eigenvalue weighted by Gasteiger charge is -2.30. The molecule has 0 bridgehead atoms. The van der Waals surface area contributed by atoms with Crippen LogP contribution in [0.3, 0.4) is 0 Å². The van der Waals surface area contributed by atoms with E-state index in [1.807, 2.05) is 41.8 Å². The molecule has 116 valence electrons. The molecule has 1 aromatic heterocycles. The standard InChI is InChI=1S/C17H20N2O3/c1-2-19-14-8-4-3-6-12(14)10-15(19)16(20)18-9-5-7-13(11-18)17(21)22/h3-4,6,8,10,13H,2,5,7,9,11H2,1H3,(H,21,22)/t13-/m0/s1. The van der Waals surface area contributed by atoms with Crippen LogP contribution in [0.25, 0.3) is 10.9 Å². The van der Waals surface area contributed by atoms with Gasteiger partial charge >= 0.3 is 5.97 Å². The van der Waals surface area contributed by atoms with Crippen LogP contribution in [0.4, 0.5) is 0 Å². The summed E-state index contributed by atoms with van der Waals surface area (Å²) >= 11 is 0. The number of hydrogen-bond donors (Lipinski definition) is 1. The highest BCUT2D eigenvalue weighted by atomic mass is 16.4. The van der Waals surface area contributed by atoms with Gasteiger partial charge in [0.2, 0.25) is 0 Å². The molecule has 3 rings (SSSR count). The normalized spacial score (nSPS) is 18.6. The van der Waals surface area contributed by atoms with Gasteiger partial charge in [-0.05, 0) is 31.9 Å². The zero-order chi connectivity index (χ0) is 15.7. The Morgan fingerprint density at radius 3 is 2.82 bits per heavy atom. The lowest BCUT2D eigenvalue weighted by Crippen LogP contribution is -2.42. The Kier molecular flexibility index (Phi) is 3.88. The second-order valence-electron chi connectivity index (χ2n) is 5.76. The van der Waals surface area contributed by atoms with E-state index in [4.69, 9.17) is 0 Å². The number of aliphatic carboxylic acids is 1. The van der Waals surface area contributed by atoms with E-state index in [1.165, 1.54) is 0 Å². The molecule has 2 heterocycles. The summed E-state index contributed by atoms with van der Waals surface area (Å²) in [4.78, 5) is 25.7. The highest BCUT2D eigenvalue weighted by Crippen LogP contribution is 2.23. The molecular formula is C17H20N2O3. The number of benzene rings is 1. The first-order chi connectivity index (χ1) is 10.6. The van der Waals surface area contributed by atoms with Gasteiger partial charge in [0.25, 0.3) is 5.91 Å². The Hall–Kier alpha value is -2.30. The van der Waals surface area contributed by atoms with Gasteiger partial charge in [0.1, 0.15) is 5.69 Å². The van der Waals surface area contributed by atoms with E-state index in [9.17, 15) is 14.7 Å². The van der Waals surface area contributed by atoms with Crippen molar-refractivity contribution in [2.24, 2.45) is 5.92 Å². The van der Waals surface area contributed by atoms with Gasteiger partial charge in [-0.2, -0.15) is 0 Å². The molecule has 0 aliphatic carbocycles.